The van der Waals surface area contributed by atoms with E-state index in [-0.39, 0.29) is 5.97 Å². The van der Waals surface area contributed by atoms with Gasteiger partial charge >= 0.3 is 5.97 Å². The van der Waals surface area contributed by atoms with Crippen molar-refractivity contribution in [3.8, 4) is 11.3 Å². The molecule has 2 aromatic heterocycles. The summed E-state index contributed by atoms with van der Waals surface area (Å²) in [7, 11) is 0. The first kappa shape index (κ1) is 18.0. The number of imidazole rings is 1. The maximum Gasteiger partial charge on any atom is 0.319 e. The first-order valence-corrected chi connectivity index (χ1v) is 9.44. The standard InChI is InChI=1S/C24H22N2O2/c1-3-28-24(27)21(19-13-9-10-17(2)16-19)23-22(18-11-5-4-6-12-18)25-20-14-7-8-15-26(20)23/h4-16,21H,3H2,1-2H3. The molecule has 2 aromatic carbocycles. The summed E-state index contributed by atoms with van der Waals surface area (Å²) in [6.07, 6.45) is 1.95. The quantitative estimate of drug-likeness (QED) is 0.464. The summed E-state index contributed by atoms with van der Waals surface area (Å²) in [5.74, 6) is -0.830. The van der Waals surface area contributed by atoms with Gasteiger partial charge in [-0.25, -0.2) is 4.98 Å². The van der Waals surface area contributed by atoms with Crippen LogP contribution in [0.3, 0.4) is 0 Å². The molecule has 0 aliphatic rings. The van der Waals surface area contributed by atoms with E-state index in [9.17, 15) is 4.79 Å². The molecular weight excluding hydrogens is 348 g/mol. The highest BCUT2D eigenvalue weighted by atomic mass is 16.5. The molecule has 0 aliphatic carbocycles. The fourth-order valence-electron chi connectivity index (χ4n) is 3.58. The van der Waals surface area contributed by atoms with Crippen molar-refractivity contribution in [3.63, 3.8) is 0 Å². The Labute approximate surface area is 164 Å². The van der Waals surface area contributed by atoms with Gasteiger partial charge in [-0.1, -0.05) is 66.2 Å². The van der Waals surface area contributed by atoms with Crippen molar-refractivity contribution in [2.45, 2.75) is 19.8 Å². The molecule has 4 heteroatoms. The van der Waals surface area contributed by atoms with Gasteiger partial charge in [-0.15, -0.1) is 0 Å². The summed E-state index contributed by atoms with van der Waals surface area (Å²) in [6, 6.07) is 23.8. The smallest absolute Gasteiger partial charge is 0.319 e. The largest absolute Gasteiger partial charge is 0.465 e. The number of ether oxygens (including phenoxy) is 1. The molecule has 4 rings (SSSR count). The second-order valence-electron chi connectivity index (χ2n) is 6.74. The van der Waals surface area contributed by atoms with Crippen molar-refractivity contribution in [2.75, 3.05) is 6.61 Å². The number of rotatable bonds is 5. The Morgan fingerprint density at radius 3 is 2.57 bits per heavy atom. The lowest BCUT2D eigenvalue weighted by Gasteiger charge is -2.18. The van der Waals surface area contributed by atoms with Gasteiger partial charge in [-0.3, -0.25) is 4.79 Å². The maximum atomic E-state index is 13.1. The number of esters is 1. The number of benzene rings is 2. The van der Waals surface area contributed by atoms with Crippen LogP contribution in [0, 0.1) is 6.92 Å². The highest BCUT2D eigenvalue weighted by molar-refractivity contribution is 5.85. The lowest BCUT2D eigenvalue weighted by atomic mass is 9.91. The molecule has 1 atom stereocenters. The molecule has 1 unspecified atom stereocenters. The number of carbonyl (C=O) groups excluding carboxylic acids is 1. The van der Waals surface area contributed by atoms with Crippen LogP contribution >= 0.6 is 0 Å². The third-order valence-electron chi connectivity index (χ3n) is 4.79. The molecule has 0 radical (unpaired) electrons. The van der Waals surface area contributed by atoms with Crippen molar-refractivity contribution in [1.82, 2.24) is 9.38 Å². The molecule has 0 fully saturated rings. The second-order valence-corrected chi connectivity index (χ2v) is 6.74. The number of pyridine rings is 1. The summed E-state index contributed by atoms with van der Waals surface area (Å²) in [4.78, 5) is 18.0. The van der Waals surface area contributed by atoms with Gasteiger partial charge in [-0.2, -0.15) is 0 Å². The van der Waals surface area contributed by atoms with Crippen LogP contribution in [0.25, 0.3) is 16.9 Å². The van der Waals surface area contributed by atoms with Crippen LogP contribution in [0.15, 0.2) is 79.0 Å². The fourth-order valence-corrected chi connectivity index (χ4v) is 3.58. The van der Waals surface area contributed by atoms with Crippen molar-refractivity contribution in [2.24, 2.45) is 0 Å². The molecule has 0 saturated carbocycles. The number of aryl methyl sites for hydroxylation is 1. The van der Waals surface area contributed by atoms with Gasteiger partial charge in [0.2, 0.25) is 0 Å². The number of carbonyl (C=O) groups is 1. The minimum absolute atomic E-state index is 0.268. The Kier molecular flexibility index (Phi) is 4.94. The van der Waals surface area contributed by atoms with Crippen LogP contribution in [-0.2, 0) is 9.53 Å². The van der Waals surface area contributed by atoms with E-state index in [1.165, 1.54) is 0 Å². The second kappa shape index (κ2) is 7.69. The molecule has 0 amide bonds. The molecule has 0 N–H and O–H groups in total. The van der Waals surface area contributed by atoms with E-state index in [1.807, 2.05) is 97.2 Å². The van der Waals surface area contributed by atoms with Gasteiger partial charge in [0, 0.05) is 11.8 Å². The summed E-state index contributed by atoms with van der Waals surface area (Å²) < 4.78 is 7.47. The van der Waals surface area contributed by atoms with E-state index in [2.05, 4.69) is 0 Å². The summed E-state index contributed by atoms with van der Waals surface area (Å²) >= 11 is 0. The minimum atomic E-state index is -0.563. The first-order valence-electron chi connectivity index (χ1n) is 9.44. The lowest BCUT2D eigenvalue weighted by molar-refractivity contribution is -0.143. The van der Waals surface area contributed by atoms with Gasteiger partial charge in [0.15, 0.2) is 0 Å². The van der Waals surface area contributed by atoms with Gasteiger partial charge < -0.3 is 9.14 Å². The fraction of sp³-hybridized carbons (Fsp3) is 0.167. The molecule has 0 spiro atoms. The van der Waals surface area contributed by atoms with Crippen molar-refractivity contribution < 1.29 is 9.53 Å². The van der Waals surface area contributed by atoms with Crippen LogP contribution in [0.5, 0.6) is 0 Å². The Morgan fingerprint density at radius 1 is 1.04 bits per heavy atom. The summed E-state index contributed by atoms with van der Waals surface area (Å²) in [5.41, 5.74) is 5.40. The molecule has 140 valence electrons. The molecule has 28 heavy (non-hydrogen) atoms. The first-order chi connectivity index (χ1) is 13.7. The predicted molar refractivity (Wildman–Crippen MR) is 110 cm³/mol. The van der Waals surface area contributed by atoms with Crippen LogP contribution < -0.4 is 0 Å². The highest BCUT2D eigenvalue weighted by Gasteiger charge is 2.31. The average molecular weight is 370 g/mol. The number of hydrogen-bond acceptors (Lipinski definition) is 3. The van der Waals surface area contributed by atoms with E-state index in [0.717, 1.165) is 33.7 Å². The van der Waals surface area contributed by atoms with Crippen molar-refractivity contribution >= 4 is 11.6 Å². The van der Waals surface area contributed by atoms with Gasteiger partial charge in [0.1, 0.15) is 11.6 Å². The Morgan fingerprint density at radius 2 is 1.82 bits per heavy atom. The number of nitrogens with zero attached hydrogens (tertiary/aromatic N) is 2. The maximum absolute atomic E-state index is 13.1. The summed E-state index contributed by atoms with van der Waals surface area (Å²) in [6.45, 7) is 4.19. The van der Waals surface area contributed by atoms with Crippen molar-refractivity contribution in [1.29, 1.82) is 0 Å². The third kappa shape index (κ3) is 3.29. The van der Waals surface area contributed by atoms with E-state index in [1.54, 1.807) is 0 Å². The lowest BCUT2D eigenvalue weighted by Crippen LogP contribution is -2.19. The van der Waals surface area contributed by atoms with Crippen LogP contribution in [0.1, 0.15) is 29.7 Å². The molecule has 0 bridgehead atoms. The molecule has 4 nitrogen and oxygen atoms in total. The highest BCUT2D eigenvalue weighted by Crippen LogP contribution is 2.35. The normalized spacial score (nSPS) is 12.1. The van der Waals surface area contributed by atoms with Crippen LogP contribution in [0.2, 0.25) is 0 Å². The molecular formula is C24H22N2O2. The Balaban J connectivity index is 2.01. The summed E-state index contributed by atoms with van der Waals surface area (Å²) in [5, 5.41) is 0. The zero-order valence-corrected chi connectivity index (χ0v) is 16.0. The Hall–Kier alpha value is -3.40. The van der Waals surface area contributed by atoms with Gasteiger partial charge in [0.25, 0.3) is 0 Å². The van der Waals surface area contributed by atoms with Gasteiger partial charge in [0.05, 0.1) is 18.0 Å². The molecule has 0 aliphatic heterocycles. The van der Waals surface area contributed by atoms with E-state index in [4.69, 9.17) is 9.72 Å². The zero-order chi connectivity index (χ0) is 19.5. The zero-order valence-electron chi connectivity index (χ0n) is 16.0. The molecule has 2 heterocycles. The number of fused-ring (bicyclic) bond motifs is 1. The Bertz CT molecular complexity index is 1120. The average Bonchev–Trinajstić information content (AvgIpc) is 3.09. The van der Waals surface area contributed by atoms with Gasteiger partial charge in [-0.05, 0) is 31.5 Å². The molecule has 4 aromatic rings. The SMILES string of the molecule is CCOC(=O)C(c1cccc(C)c1)c1c(-c2ccccc2)nc2ccccn12. The molecule has 0 saturated heterocycles. The topological polar surface area (TPSA) is 43.6 Å². The number of aromatic nitrogens is 2. The minimum Gasteiger partial charge on any atom is -0.465 e. The van der Waals surface area contributed by atoms with Crippen LogP contribution in [0.4, 0.5) is 0 Å². The van der Waals surface area contributed by atoms with E-state index in [0.29, 0.717) is 6.61 Å². The monoisotopic (exact) mass is 370 g/mol. The van der Waals surface area contributed by atoms with E-state index >= 15 is 0 Å². The predicted octanol–water partition coefficient (Wildman–Crippen LogP) is 5.00. The van der Waals surface area contributed by atoms with Crippen molar-refractivity contribution in [3.05, 3.63) is 95.8 Å². The third-order valence-corrected chi connectivity index (χ3v) is 4.79. The van der Waals surface area contributed by atoms with Crippen LogP contribution in [-0.4, -0.2) is 22.0 Å². The van der Waals surface area contributed by atoms with E-state index < -0.39 is 5.92 Å². The number of hydrogen-bond donors (Lipinski definition) is 0.